The summed E-state index contributed by atoms with van der Waals surface area (Å²) in [5, 5.41) is 4.69. The van der Waals surface area contributed by atoms with E-state index >= 15 is 0 Å². The van der Waals surface area contributed by atoms with E-state index in [1.165, 1.54) is 17.0 Å². The van der Waals surface area contributed by atoms with Crippen LogP contribution in [0.4, 0.5) is 4.39 Å². The number of rotatable bonds is 7. The normalized spacial score (nSPS) is 11.1. The van der Waals surface area contributed by atoms with Crippen molar-refractivity contribution in [2.45, 2.75) is 19.6 Å². The van der Waals surface area contributed by atoms with Crippen LogP contribution < -0.4 is 10.1 Å². The molecule has 4 aromatic rings. The fourth-order valence-electron chi connectivity index (χ4n) is 3.59. The summed E-state index contributed by atoms with van der Waals surface area (Å²) in [4.78, 5) is 0. The Morgan fingerprint density at radius 2 is 1.50 bits per heavy atom. The first-order valence-corrected chi connectivity index (χ1v) is 9.39. The van der Waals surface area contributed by atoms with Crippen LogP contribution >= 0.6 is 0 Å². The molecule has 0 amide bonds. The quantitative estimate of drug-likeness (QED) is 0.485. The topological polar surface area (TPSA) is 26.2 Å². The Balaban J connectivity index is 1.55. The predicted molar refractivity (Wildman–Crippen MR) is 111 cm³/mol. The van der Waals surface area contributed by atoms with E-state index in [1.54, 1.807) is 13.2 Å². The zero-order valence-electron chi connectivity index (χ0n) is 15.9. The average Bonchev–Trinajstić information content (AvgIpc) is 3.08. The lowest BCUT2D eigenvalue weighted by molar-refractivity contribution is 0.407. The van der Waals surface area contributed by atoms with Gasteiger partial charge in [0.1, 0.15) is 11.6 Å². The minimum Gasteiger partial charge on any atom is -0.496 e. The molecule has 28 heavy (non-hydrogen) atoms. The van der Waals surface area contributed by atoms with Crippen LogP contribution in [0.3, 0.4) is 0 Å². The molecule has 142 valence electrons. The van der Waals surface area contributed by atoms with Gasteiger partial charge in [0, 0.05) is 41.3 Å². The number of para-hydroxylation sites is 2. The molecule has 0 spiro atoms. The number of methoxy groups -OCH3 is 1. The summed E-state index contributed by atoms with van der Waals surface area (Å²) in [5.74, 6) is 0.716. The molecular formula is C24H23FN2O. The van der Waals surface area contributed by atoms with Gasteiger partial charge in [0.25, 0.3) is 0 Å². The highest BCUT2D eigenvalue weighted by molar-refractivity contribution is 5.84. The Kier molecular flexibility index (Phi) is 5.40. The van der Waals surface area contributed by atoms with Crippen molar-refractivity contribution in [3.63, 3.8) is 0 Å². The summed E-state index contributed by atoms with van der Waals surface area (Å²) in [6, 6.07) is 23.2. The van der Waals surface area contributed by atoms with Crippen LogP contribution in [0.25, 0.3) is 10.9 Å². The van der Waals surface area contributed by atoms with Gasteiger partial charge in [0.2, 0.25) is 0 Å². The molecule has 0 aliphatic rings. The monoisotopic (exact) mass is 374 g/mol. The summed E-state index contributed by atoms with van der Waals surface area (Å²) >= 11 is 0. The molecule has 0 aliphatic heterocycles. The van der Waals surface area contributed by atoms with Crippen LogP contribution in [-0.2, 0) is 19.6 Å². The summed E-state index contributed by atoms with van der Waals surface area (Å²) in [5.41, 5.74) is 4.12. The molecule has 1 N–H and O–H groups in total. The molecule has 0 unspecified atom stereocenters. The van der Waals surface area contributed by atoms with Crippen molar-refractivity contribution in [2.24, 2.45) is 0 Å². The van der Waals surface area contributed by atoms with E-state index in [1.807, 2.05) is 42.5 Å². The summed E-state index contributed by atoms with van der Waals surface area (Å²) in [7, 11) is 1.69. The molecule has 3 nitrogen and oxygen atoms in total. The second-order valence-electron chi connectivity index (χ2n) is 6.81. The third-order valence-corrected chi connectivity index (χ3v) is 4.99. The van der Waals surface area contributed by atoms with Crippen LogP contribution in [0.2, 0.25) is 0 Å². The first kappa shape index (κ1) is 18.3. The number of nitrogens with one attached hydrogen (secondary N) is 1. The smallest absolute Gasteiger partial charge is 0.128 e. The van der Waals surface area contributed by atoms with Crippen molar-refractivity contribution in [2.75, 3.05) is 7.11 Å². The lowest BCUT2D eigenvalue weighted by atomic mass is 10.1. The Morgan fingerprint density at radius 1 is 0.821 bits per heavy atom. The first-order chi connectivity index (χ1) is 13.8. The van der Waals surface area contributed by atoms with Gasteiger partial charge in [0.05, 0.1) is 13.7 Å². The van der Waals surface area contributed by atoms with Gasteiger partial charge in [-0.2, -0.15) is 0 Å². The zero-order chi connectivity index (χ0) is 19.3. The van der Waals surface area contributed by atoms with E-state index in [-0.39, 0.29) is 5.82 Å². The Labute approximate surface area is 164 Å². The maximum absolute atomic E-state index is 14.1. The lowest BCUT2D eigenvalue weighted by Crippen LogP contribution is -2.13. The van der Waals surface area contributed by atoms with Crippen molar-refractivity contribution >= 4 is 10.9 Å². The number of ether oxygens (including phenoxy) is 1. The predicted octanol–water partition coefficient (Wildman–Crippen LogP) is 5.13. The first-order valence-electron chi connectivity index (χ1n) is 9.39. The molecule has 0 fully saturated rings. The van der Waals surface area contributed by atoms with Crippen molar-refractivity contribution in [3.8, 4) is 5.75 Å². The maximum atomic E-state index is 14.1. The SMILES string of the molecule is COc1ccccc1CNCc1cn(Cc2ccccc2F)c2ccccc12. The van der Waals surface area contributed by atoms with E-state index in [0.717, 1.165) is 29.9 Å². The zero-order valence-corrected chi connectivity index (χ0v) is 15.9. The molecule has 0 saturated carbocycles. The Hall–Kier alpha value is -3.11. The molecule has 4 heteroatoms. The number of benzene rings is 3. The van der Waals surface area contributed by atoms with Crippen molar-refractivity contribution in [1.82, 2.24) is 9.88 Å². The summed E-state index contributed by atoms with van der Waals surface area (Å²) in [6.07, 6.45) is 2.12. The number of hydrogen-bond acceptors (Lipinski definition) is 2. The van der Waals surface area contributed by atoms with Gasteiger partial charge < -0.3 is 14.6 Å². The second-order valence-corrected chi connectivity index (χ2v) is 6.81. The van der Waals surface area contributed by atoms with Crippen molar-refractivity contribution in [1.29, 1.82) is 0 Å². The highest BCUT2D eigenvalue weighted by Gasteiger charge is 2.10. The van der Waals surface area contributed by atoms with Crippen molar-refractivity contribution in [3.05, 3.63) is 102 Å². The molecule has 0 aliphatic carbocycles. The highest BCUT2D eigenvalue weighted by atomic mass is 19.1. The van der Waals surface area contributed by atoms with Crippen LogP contribution in [0, 0.1) is 5.82 Å². The molecule has 3 aromatic carbocycles. The van der Waals surface area contributed by atoms with Gasteiger partial charge >= 0.3 is 0 Å². The number of nitrogens with zero attached hydrogens (tertiary/aromatic N) is 1. The fraction of sp³-hybridized carbons (Fsp3) is 0.167. The third-order valence-electron chi connectivity index (χ3n) is 4.99. The van der Waals surface area contributed by atoms with Gasteiger partial charge in [-0.1, -0.05) is 54.6 Å². The molecule has 0 saturated heterocycles. The summed E-state index contributed by atoms with van der Waals surface area (Å²) in [6.45, 7) is 1.96. The highest BCUT2D eigenvalue weighted by Crippen LogP contribution is 2.23. The van der Waals surface area contributed by atoms with Crippen LogP contribution in [-0.4, -0.2) is 11.7 Å². The average molecular weight is 374 g/mol. The molecule has 0 radical (unpaired) electrons. The minimum atomic E-state index is -0.170. The lowest BCUT2D eigenvalue weighted by Gasteiger charge is -2.09. The van der Waals surface area contributed by atoms with Crippen LogP contribution in [0.5, 0.6) is 5.75 Å². The Morgan fingerprint density at radius 3 is 2.32 bits per heavy atom. The van der Waals surface area contributed by atoms with E-state index in [0.29, 0.717) is 12.1 Å². The van der Waals surface area contributed by atoms with Crippen LogP contribution in [0.1, 0.15) is 16.7 Å². The van der Waals surface area contributed by atoms with Gasteiger partial charge in [-0.25, -0.2) is 4.39 Å². The van der Waals surface area contributed by atoms with Gasteiger partial charge in [0.15, 0.2) is 0 Å². The number of hydrogen-bond donors (Lipinski definition) is 1. The minimum absolute atomic E-state index is 0.170. The number of aromatic nitrogens is 1. The maximum Gasteiger partial charge on any atom is 0.128 e. The van der Waals surface area contributed by atoms with Crippen molar-refractivity contribution < 1.29 is 9.13 Å². The largest absolute Gasteiger partial charge is 0.496 e. The fourth-order valence-corrected chi connectivity index (χ4v) is 3.59. The van der Waals surface area contributed by atoms with E-state index in [4.69, 9.17) is 4.74 Å². The number of fused-ring (bicyclic) bond motifs is 1. The summed E-state index contributed by atoms with van der Waals surface area (Å²) < 4.78 is 21.6. The van der Waals surface area contributed by atoms with E-state index < -0.39 is 0 Å². The van der Waals surface area contributed by atoms with Gasteiger partial charge in [-0.15, -0.1) is 0 Å². The van der Waals surface area contributed by atoms with E-state index in [9.17, 15) is 4.39 Å². The molecule has 0 atom stereocenters. The Bertz CT molecular complexity index is 1090. The molecule has 1 heterocycles. The standard InChI is InChI=1S/C24H23FN2O/c1-28-24-13-7-3-8-18(24)14-26-15-20-17-27(23-12-6-4-10-21(20)23)16-19-9-2-5-11-22(19)25/h2-13,17,26H,14-16H2,1H3. The van der Waals surface area contributed by atoms with Gasteiger partial charge in [-0.3, -0.25) is 0 Å². The van der Waals surface area contributed by atoms with E-state index in [2.05, 4.69) is 34.3 Å². The third kappa shape index (κ3) is 3.78. The van der Waals surface area contributed by atoms with Crippen LogP contribution in [0.15, 0.2) is 79.0 Å². The second kappa shape index (κ2) is 8.28. The molecule has 0 bridgehead atoms. The van der Waals surface area contributed by atoms with Gasteiger partial charge in [-0.05, 0) is 23.8 Å². The molecule has 1 aromatic heterocycles. The number of halogens is 1. The molecule has 4 rings (SSSR count). The molecular weight excluding hydrogens is 351 g/mol.